The minimum absolute atomic E-state index is 0.390. The Morgan fingerprint density at radius 3 is 2.75 bits per heavy atom. The van der Waals surface area contributed by atoms with E-state index >= 15 is 0 Å². The van der Waals surface area contributed by atoms with Gasteiger partial charge in [-0.15, -0.1) is 0 Å². The van der Waals surface area contributed by atoms with Crippen molar-refractivity contribution in [1.29, 1.82) is 0 Å². The first-order valence-corrected chi connectivity index (χ1v) is 8.42. The number of nitrogens with one attached hydrogen (secondary N) is 1. The molecule has 1 saturated heterocycles. The number of halogens is 1. The molecular weight excluding hydrogens is 318 g/mol. The number of aryl methyl sites for hydroxylation is 2. The Bertz CT molecular complexity index is 447. The summed E-state index contributed by atoms with van der Waals surface area (Å²) < 4.78 is 9.05. The van der Waals surface area contributed by atoms with Crippen molar-refractivity contribution in [3.05, 3.63) is 15.9 Å². The summed E-state index contributed by atoms with van der Waals surface area (Å²) in [6.07, 6.45) is 3.50. The molecule has 4 nitrogen and oxygen atoms in total. The largest absolute Gasteiger partial charge is 0.378 e. The van der Waals surface area contributed by atoms with Crippen molar-refractivity contribution in [1.82, 2.24) is 15.1 Å². The molecule has 0 saturated carbocycles. The van der Waals surface area contributed by atoms with E-state index in [1.165, 1.54) is 10.2 Å². The molecule has 0 spiro atoms. The lowest BCUT2D eigenvalue weighted by Crippen LogP contribution is -2.36. The van der Waals surface area contributed by atoms with E-state index < -0.39 is 0 Å². The molecule has 0 radical (unpaired) electrons. The molecule has 1 aromatic rings. The van der Waals surface area contributed by atoms with Gasteiger partial charge in [0.2, 0.25) is 0 Å². The van der Waals surface area contributed by atoms with Crippen LogP contribution in [0.25, 0.3) is 0 Å². The van der Waals surface area contributed by atoms with E-state index in [4.69, 9.17) is 4.74 Å². The SMILES string of the molecule is CCc1nn(CC)c(CC(NC)C2COC(C)C2)c1Br. The second kappa shape index (κ2) is 7.05. The Balaban J connectivity index is 2.16. The molecule has 0 aliphatic carbocycles. The topological polar surface area (TPSA) is 39.1 Å². The third kappa shape index (κ3) is 3.26. The molecule has 3 unspecified atom stereocenters. The van der Waals surface area contributed by atoms with Crippen LogP contribution in [-0.2, 0) is 24.1 Å². The highest BCUT2D eigenvalue weighted by molar-refractivity contribution is 9.10. The van der Waals surface area contributed by atoms with Gasteiger partial charge in [0, 0.05) is 24.9 Å². The van der Waals surface area contributed by atoms with Crippen LogP contribution in [0.5, 0.6) is 0 Å². The van der Waals surface area contributed by atoms with E-state index in [0.717, 1.165) is 38.1 Å². The summed E-state index contributed by atoms with van der Waals surface area (Å²) in [7, 11) is 2.05. The number of likely N-dealkylation sites (N-methyl/N-ethyl adjacent to an activating group) is 1. The van der Waals surface area contributed by atoms with Gasteiger partial charge in [0.25, 0.3) is 0 Å². The van der Waals surface area contributed by atoms with Gasteiger partial charge in [-0.1, -0.05) is 6.92 Å². The molecule has 5 heteroatoms. The van der Waals surface area contributed by atoms with Gasteiger partial charge >= 0.3 is 0 Å². The highest BCUT2D eigenvalue weighted by atomic mass is 79.9. The van der Waals surface area contributed by atoms with Gasteiger partial charge in [-0.2, -0.15) is 5.10 Å². The summed E-state index contributed by atoms with van der Waals surface area (Å²) in [5.74, 6) is 0.590. The van der Waals surface area contributed by atoms with Gasteiger partial charge in [0.05, 0.1) is 28.6 Å². The first-order chi connectivity index (χ1) is 9.60. The van der Waals surface area contributed by atoms with Gasteiger partial charge in [-0.05, 0) is 49.7 Å². The molecular formula is C15H26BrN3O. The van der Waals surface area contributed by atoms with Crippen molar-refractivity contribution in [2.24, 2.45) is 5.92 Å². The zero-order valence-electron chi connectivity index (χ0n) is 12.9. The standard InChI is InChI=1S/C15H26BrN3O/c1-5-12-15(16)14(19(6-2)18-12)8-13(17-4)11-7-10(3)20-9-11/h10-11,13,17H,5-9H2,1-4H3. The molecule has 3 atom stereocenters. The molecule has 2 rings (SSSR count). The second-order valence-corrected chi connectivity index (χ2v) is 6.41. The number of aromatic nitrogens is 2. The highest BCUT2D eigenvalue weighted by Gasteiger charge is 2.30. The van der Waals surface area contributed by atoms with Gasteiger partial charge in [0.1, 0.15) is 0 Å². The average Bonchev–Trinajstić information content (AvgIpc) is 3.00. The predicted octanol–water partition coefficient (Wildman–Crippen LogP) is 2.78. The summed E-state index contributed by atoms with van der Waals surface area (Å²) in [5, 5.41) is 8.16. The Hall–Kier alpha value is -0.390. The van der Waals surface area contributed by atoms with Gasteiger partial charge < -0.3 is 10.1 Å². The second-order valence-electron chi connectivity index (χ2n) is 5.62. The van der Waals surface area contributed by atoms with Crippen LogP contribution in [0.3, 0.4) is 0 Å². The van der Waals surface area contributed by atoms with E-state index in [9.17, 15) is 0 Å². The lowest BCUT2D eigenvalue weighted by Gasteiger charge is -2.22. The molecule has 2 heterocycles. The van der Waals surface area contributed by atoms with E-state index in [1.807, 2.05) is 0 Å². The minimum Gasteiger partial charge on any atom is -0.378 e. The number of ether oxygens (including phenoxy) is 1. The lowest BCUT2D eigenvalue weighted by molar-refractivity contribution is 0.117. The Morgan fingerprint density at radius 1 is 1.50 bits per heavy atom. The minimum atomic E-state index is 0.390. The number of nitrogens with zero attached hydrogens (tertiary/aromatic N) is 2. The molecule has 0 bridgehead atoms. The van der Waals surface area contributed by atoms with Crippen molar-refractivity contribution in [3.8, 4) is 0 Å². The number of rotatable bonds is 6. The van der Waals surface area contributed by atoms with E-state index in [1.54, 1.807) is 0 Å². The van der Waals surface area contributed by atoms with Gasteiger partial charge in [-0.3, -0.25) is 4.68 Å². The zero-order chi connectivity index (χ0) is 14.7. The summed E-state index contributed by atoms with van der Waals surface area (Å²) >= 11 is 3.74. The summed E-state index contributed by atoms with van der Waals surface area (Å²) in [6.45, 7) is 8.25. The van der Waals surface area contributed by atoms with Gasteiger partial charge in [0.15, 0.2) is 0 Å². The Labute approximate surface area is 130 Å². The maximum absolute atomic E-state index is 5.72. The van der Waals surface area contributed by atoms with Crippen LogP contribution in [0.1, 0.15) is 38.6 Å². The average molecular weight is 344 g/mol. The van der Waals surface area contributed by atoms with E-state index in [2.05, 4.69) is 58.8 Å². The quantitative estimate of drug-likeness (QED) is 0.863. The number of hydrogen-bond donors (Lipinski definition) is 1. The normalized spacial score (nSPS) is 24.2. The van der Waals surface area contributed by atoms with Crippen LogP contribution in [0.15, 0.2) is 4.47 Å². The molecule has 1 aliphatic rings. The highest BCUT2D eigenvalue weighted by Crippen LogP contribution is 2.28. The molecule has 0 aromatic carbocycles. The third-order valence-electron chi connectivity index (χ3n) is 4.28. The zero-order valence-corrected chi connectivity index (χ0v) is 14.5. The fourth-order valence-electron chi connectivity index (χ4n) is 3.06. The monoisotopic (exact) mass is 343 g/mol. The van der Waals surface area contributed by atoms with E-state index in [-0.39, 0.29) is 0 Å². The molecule has 1 fully saturated rings. The van der Waals surface area contributed by atoms with Crippen LogP contribution in [0.4, 0.5) is 0 Å². The van der Waals surface area contributed by atoms with Crippen molar-refractivity contribution < 1.29 is 4.74 Å². The van der Waals surface area contributed by atoms with Crippen molar-refractivity contribution in [3.63, 3.8) is 0 Å². The Kier molecular flexibility index (Phi) is 5.64. The molecule has 1 aliphatic heterocycles. The van der Waals surface area contributed by atoms with Crippen LogP contribution < -0.4 is 5.32 Å². The van der Waals surface area contributed by atoms with Crippen LogP contribution in [-0.4, -0.2) is 35.6 Å². The lowest BCUT2D eigenvalue weighted by atomic mass is 9.93. The van der Waals surface area contributed by atoms with Crippen molar-refractivity contribution in [2.45, 2.75) is 58.7 Å². The summed E-state index contributed by atoms with van der Waals surface area (Å²) in [5.41, 5.74) is 2.47. The fraction of sp³-hybridized carbons (Fsp3) is 0.800. The maximum Gasteiger partial charge on any atom is 0.0766 e. The van der Waals surface area contributed by atoms with Crippen molar-refractivity contribution >= 4 is 15.9 Å². The molecule has 114 valence electrons. The Morgan fingerprint density at radius 2 is 2.25 bits per heavy atom. The summed E-state index contributed by atoms with van der Waals surface area (Å²) in [6, 6.07) is 0.447. The van der Waals surface area contributed by atoms with Crippen LogP contribution >= 0.6 is 15.9 Å². The summed E-state index contributed by atoms with van der Waals surface area (Å²) in [4.78, 5) is 0. The molecule has 0 amide bonds. The van der Waals surface area contributed by atoms with E-state index in [0.29, 0.717) is 18.1 Å². The predicted molar refractivity (Wildman–Crippen MR) is 85.1 cm³/mol. The fourth-order valence-corrected chi connectivity index (χ4v) is 3.78. The van der Waals surface area contributed by atoms with Crippen molar-refractivity contribution in [2.75, 3.05) is 13.7 Å². The van der Waals surface area contributed by atoms with Gasteiger partial charge in [-0.25, -0.2) is 0 Å². The van der Waals surface area contributed by atoms with Crippen LogP contribution in [0.2, 0.25) is 0 Å². The smallest absolute Gasteiger partial charge is 0.0766 e. The molecule has 1 aromatic heterocycles. The third-order valence-corrected chi connectivity index (χ3v) is 5.19. The maximum atomic E-state index is 5.72. The molecule has 1 N–H and O–H groups in total. The first-order valence-electron chi connectivity index (χ1n) is 7.63. The first kappa shape index (κ1) is 16.0. The molecule has 20 heavy (non-hydrogen) atoms. The van der Waals surface area contributed by atoms with Crippen LogP contribution in [0, 0.1) is 5.92 Å². The number of hydrogen-bond acceptors (Lipinski definition) is 3.